The Bertz CT molecular complexity index is 1080. The number of anilines is 1. The number of amides is 1. The molecule has 2 aromatic rings. The van der Waals surface area contributed by atoms with Gasteiger partial charge in [0.2, 0.25) is 11.4 Å². The minimum Gasteiger partial charge on any atom is -0.480 e. The van der Waals surface area contributed by atoms with Crippen LogP contribution in [0.4, 0.5) is 27.6 Å². The topological polar surface area (TPSA) is 102 Å². The molecule has 1 amide bonds. The van der Waals surface area contributed by atoms with E-state index in [1.165, 1.54) is 0 Å². The molecule has 1 aromatic heterocycles. The number of methoxy groups -OCH3 is 1. The lowest BCUT2D eigenvalue weighted by atomic mass is 9.79. The van der Waals surface area contributed by atoms with Gasteiger partial charge in [-0.05, 0) is 18.2 Å². The maximum Gasteiger partial charge on any atom is 0.283 e. The molecule has 30 heavy (non-hydrogen) atoms. The third-order valence-electron chi connectivity index (χ3n) is 4.49. The molecule has 1 aliphatic heterocycles. The summed E-state index contributed by atoms with van der Waals surface area (Å²) in [5.74, 6) is -7.37. The number of nitrogens with one attached hydrogen (secondary N) is 1. The van der Waals surface area contributed by atoms with Crippen molar-refractivity contribution in [2.45, 2.75) is 30.7 Å². The van der Waals surface area contributed by atoms with Gasteiger partial charge in [0.25, 0.3) is 18.3 Å². The molecule has 12 heteroatoms. The Kier molecular flexibility index (Phi) is 4.58. The lowest BCUT2D eigenvalue weighted by Gasteiger charge is -2.40. The fraction of sp³-hybridized carbons (Fsp3) is 0.333. The van der Waals surface area contributed by atoms with Crippen LogP contribution in [0.2, 0.25) is 0 Å². The molecule has 3 rings (SSSR count). The number of carbonyl (C=O) groups is 1. The Morgan fingerprint density at radius 1 is 1.33 bits per heavy atom. The monoisotopic (exact) mass is 432 g/mol. The zero-order chi connectivity index (χ0) is 24.6. The Labute approximate surface area is 171 Å². The number of ether oxygens (including phenoxy) is 1. The smallest absolute Gasteiger partial charge is 0.283 e. The molecule has 1 atom stereocenters. The molecule has 0 aliphatic carbocycles. The number of benzene rings is 1. The summed E-state index contributed by atoms with van der Waals surface area (Å²) in [7, 11) is -2.79. The van der Waals surface area contributed by atoms with Crippen LogP contribution in [0.15, 0.2) is 35.6 Å². The van der Waals surface area contributed by atoms with Crippen molar-refractivity contribution in [2.75, 3.05) is 12.4 Å². The fourth-order valence-corrected chi connectivity index (χ4v) is 3.00. The first-order chi connectivity index (χ1) is 15.2. The minimum atomic E-state index is -4.13. The number of hydrogen-bond donors (Lipinski definition) is 2. The van der Waals surface area contributed by atoms with Crippen LogP contribution in [-0.2, 0) is 5.54 Å². The van der Waals surface area contributed by atoms with Gasteiger partial charge in [-0.25, -0.2) is 36.9 Å². The minimum absolute atomic E-state index is 0.309. The van der Waals surface area contributed by atoms with Gasteiger partial charge in [-0.1, -0.05) is 0 Å². The molecule has 0 radical (unpaired) electrons. The van der Waals surface area contributed by atoms with Crippen molar-refractivity contribution in [1.82, 2.24) is 9.97 Å². The molecule has 0 saturated carbocycles. The van der Waals surface area contributed by atoms with Crippen molar-refractivity contribution in [3.05, 3.63) is 47.7 Å². The average Bonchev–Trinajstić information content (AvgIpc) is 2.70. The van der Waals surface area contributed by atoms with E-state index in [2.05, 4.69) is 25.0 Å². The Hall–Kier alpha value is -3.31. The van der Waals surface area contributed by atoms with Crippen LogP contribution in [0.25, 0.3) is 0 Å². The normalized spacial score (nSPS) is 22.5. The van der Waals surface area contributed by atoms with Crippen molar-refractivity contribution in [2.24, 2.45) is 10.7 Å². The number of rotatable bonds is 5. The summed E-state index contributed by atoms with van der Waals surface area (Å²) in [6.45, 7) is 0. The standard InChI is InChI=1S/C18H16F5N5O2/c1-30-14-8-25-12(7-26-14)15(29)27-9-2-3-11(19)10(6-9)18(16(20)21)17(22,23)5-4-13(24)28-18/h2-3,6-8,16H,4-5H2,1H3,(H2,24,28)(H,27,29)/i1D3. The van der Waals surface area contributed by atoms with Crippen molar-refractivity contribution in [1.29, 1.82) is 0 Å². The molecular weight excluding hydrogens is 413 g/mol. The number of nitrogens with two attached hydrogens (primary N) is 1. The number of alkyl halides is 4. The van der Waals surface area contributed by atoms with Gasteiger partial charge in [0.1, 0.15) is 11.5 Å². The van der Waals surface area contributed by atoms with Crippen molar-refractivity contribution >= 4 is 17.4 Å². The van der Waals surface area contributed by atoms with Crippen LogP contribution in [0.5, 0.6) is 5.88 Å². The Morgan fingerprint density at radius 2 is 2.10 bits per heavy atom. The van der Waals surface area contributed by atoms with Crippen LogP contribution in [-0.4, -0.2) is 41.1 Å². The first-order valence-electron chi connectivity index (χ1n) is 9.88. The molecule has 0 bridgehead atoms. The van der Waals surface area contributed by atoms with E-state index in [0.717, 1.165) is 18.5 Å². The highest BCUT2D eigenvalue weighted by Crippen LogP contribution is 2.51. The zero-order valence-corrected chi connectivity index (χ0v) is 15.0. The molecule has 1 aliphatic rings. The summed E-state index contributed by atoms with van der Waals surface area (Å²) >= 11 is 0. The van der Waals surface area contributed by atoms with Gasteiger partial charge in [-0.15, -0.1) is 0 Å². The summed E-state index contributed by atoms with van der Waals surface area (Å²) in [4.78, 5) is 22.9. The number of nitrogens with zero attached hydrogens (tertiary/aromatic N) is 3. The molecular formula is C18H16F5N5O2. The predicted molar refractivity (Wildman–Crippen MR) is 96.4 cm³/mol. The average molecular weight is 432 g/mol. The fourth-order valence-electron chi connectivity index (χ4n) is 3.00. The molecule has 0 fully saturated rings. The van der Waals surface area contributed by atoms with Gasteiger partial charge in [0, 0.05) is 24.1 Å². The van der Waals surface area contributed by atoms with E-state index in [1.54, 1.807) is 0 Å². The van der Waals surface area contributed by atoms with Crippen LogP contribution >= 0.6 is 0 Å². The van der Waals surface area contributed by atoms with E-state index < -0.39 is 66.8 Å². The first-order valence-corrected chi connectivity index (χ1v) is 8.38. The maximum absolute atomic E-state index is 14.7. The van der Waals surface area contributed by atoms with Crippen LogP contribution in [0.3, 0.4) is 0 Å². The third kappa shape index (κ3) is 3.64. The molecule has 1 aromatic carbocycles. The highest BCUT2D eigenvalue weighted by Gasteiger charge is 2.63. The van der Waals surface area contributed by atoms with Gasteiger partial charge >= 0.3 is 0 Å². The second-order valence-corrected chi connectivity index (χ2v) is 6.37. The van der Waals surface area contributed by atoms with E-state index in [9.17, 15) is 26.7 Å². The predicted octanol–water partition coefficient (Wildman–Crippen LogP) is 3.12. The van der Waals surface area contributed by atoms with Crippen molar-refractivity contribution in [3.8, 4) is 5.88 Å². The van der Waals surface area contributed by atoms with E-state index in [1.807, 2.05) is 0 Å². The largest absolute Gasteiger partial charge is 0.480 e. The van der Waals surface area contributed by atoms with E-state index in [-0.39, 0.29) is 11.4 Å². The van der Waals surface area contributed by atoms with Gasteiger partial charge in [-0.3, -0.25) is 4.79 Å². The van der Waals surface area contributed by atoms with E-state index >= 15 is 0 Å². The summed E-state index contributed by atoms with van der Waals surface area (Å²) in [6.07, 6.45) is -3.61. The number of halogens is 5. The van der Waals surface area contributed by atoms with E-state index in [4.69, 9.17) is 9.85 Å². The summed E-state index contributed by atoms with van der Waals surface area (Å²) in [5.41, 5.74) is 0.0510. The third-order valence-corrected chi connectivity index (χ3v) is 4.49. The molecule has 160 valence electrons. The molecule has 7 nitrogen and oxygen atoms in total. The first kappa shape index (κ1) is 17.5. The lowest BCUT2D eigenvalue weighted by Crippen LogP contribution is -2.54. The molecule has 3 N–H and O–H groups in total. The van der Waals surface area contributed by atoms with Crippen molar-refractivity contribution in [3.63, 3.8) is 0 Å². The van der Waals surface area contributed by atoms with Gasteiger partial charge in [0.15, 0.2) is 0 Å². The Morgan fingerprint density at radius 3 is 2.73 bits per heavy atom. The van der Waals surface area contributed by atoms with Gasteiger partial charge < -0.3 is 15.8 Å². The lowest BCUT2D eigenvalue weighted by molar-refractivity contribution is -0.145. The maximum atomic E-state index is 14.7. The molecule has 1 unspecified atom stereocenters. The molecule has 0 saturated heterocycles. The number of hydrogen-bond acceptors (Lipinski definition) is 6. The zero-order valence-electron chi connectivity index (χ0n) is 18.0. The highest BCUT2D eigenvalue weighted by molar-refractivity contribution is 6.02. The Balaban J connectivity index is 1.93. The highest BCUT2D eigenvalue weighted by atomic mass is 19.3. The molecule has 0 spiro atoms. The van der Waals surface area contributed by atoms with Crippen LogP contribution < -0.4 is 15.8 Å². The van der Waals surface area contributed by atoms with Gasteiger partial charge in [-0.2, -0.15) is 0 Å². The summed E-state index contributed by atoms with van der Waals surface area (Å²) in [6, 6.07) is 2.21. The van der Waals surface area contributed by atoms with E-state index in [0.29, 0.717) is 12.1 Å². The second-order valence-electron chi connectivity index (χ2n) is 6.37. The second kappa shape index (κ2) is 7.84. The number of aliphatic imine (C=N–C) groups is 1. The van der Waals surface area contributed by atoms with Crippen LogP contribution in [0.1, 0.15) is 33.0 Å². The number of amidine groups is 1. The molecule has 2 heterocycles. The summed E-state index contributed by atoms with van der Waals surface area (Å²) < 4.78 is 97.2. The van der Waals surface area contributed by atoms with Crippen LogP contribution in [0, 0.1) is 5.82 Å². The number of carbonyl (C=O) groups excluding carboxylic acids is 1. The van der Waals surface area contributed by atoms with Gasteiger partial charge in [0.05, 0.1) is 29.4 Å². The SMILES string of the molecule is [2H]C([2H])([2H])Oc1cnc(C(=O)Nc2ccc(F)c(C3(C(F)F)N=C(N)CCC3(F)F)c2)cn1. The summed E-state index contributed by atoms with van der Waals surface area (Å²) in [5, 5.41) is 2.20. The van der Waals surface area contributed by atoms with Crippen molar-refractivity contribution < 1.29 is 35.6 Å². The number of aromatic nitrogens is 2. The quantitative estimate of drug-likeness (QED) is 0.707.